The van der Waals surface area contributed by atoms with Gasteiger partial charge in [-0.25, -0.2) is 0 Å². The number of nitrogens with zero attached hydrogens (tertiary/aromatic N) is 3. The number of aromatic nitrogens is 3. The molecule has 12 aromatic rings. The van der Waals surface area contributed by atoms with E-state index in [0.29, 0.717) is 0 Å². The molecule has 0 aliphatic carbocycles. The lowest BCUT2D eigenvalue weighted by atomic mass is 9.36. The van der Waals surface area contributed by atoms with Crippen LogP contribution in [0, 0.1) is 0 Å². The lowest BCUT2D eigenvalue weighted by molar-refractivity contribution is 0.590. The highest BCUT2D eigenvalue weighted by atomic mass is 32.2. The molecule has 0 radical (unpaired) electrons. The highest BCUT2D eigenvalue weighted by Gasteiger charge is 2.40. The molecular weight excluding hydrogens is 1050 g/mol. The summed E-state index contributed by atoms with van der Waals surface area (Å²) in [6, 6.07) is 63.1. The van der Waals surface area contributed by atoms with Crippen LogP contribution in [0.3, 0.4) is 0 Å². The van der Waals surface area contributed by atoms with Gasteiger partial charge in [-0.1, -0.05) is 208 Å². The average molecular weight is 1130 g/mol. The summed E-state index contributed by atoms with van der Waals surface area (Å²) in [7, 11) is 0. The molecule has 2 aliphatic heterocycles. The lowest BCUT2D eigenvalue weighted by Gasteiger charge is -2.34. The zero-order valence-corrected chi connectivity index (χ0v) is 54.4. The van der Waals surface area contributed by atoms with Gasteiger partial charge in [0.1, 0.15) is 0 Å². The van der Waals surface area contributed by atoms with E-state index in [4.69, 9.17) is 0 Å². The summed E-state index contributed by atoms with van der Waals surface area (Å²) >= 11 is 3.91. The van der Waals surface area contributed by atoms with E-state index in [2.05, 4.69) is 296 Å². The third-order valence-corrected chi connectivity index (χ3v) is 21.0. The Morgan fingerprint density at radius 2 is 0.476 bits per heavy atom. The van der Waals surface area contributed by atoms with E-state index in [9.17, 15) is 0 Å². The predicted octanol–water partition coefficient (Wildman–Crippen LogP) is 20.2. The van der Waals surface area contributed by atoms with E-state index in [1.807, 2.05) is 23.5 Å². The van der Waals surface area contributed by atoms with Crippen LogP contribution in [0.15, 0.2) is 177 Å². The molecule has 0 fully saturated rings. The van der Waals surface area contributed by atoms with Crippen molar-refractivity contribution in [2.45, 2.75) is 177 Å². The van der Waals surface area contributed by atoms with Crippen LogP contribution >= 0.6 is 23.5 Å². The van der Waals surface area contributed by atoms with E-state index in [1.54, 1.807) is 0 Å². The third kappa shape index (κ3) is 8.76. The van der Waals surface area contributed by atoms with Crippen LogP contribution in [0.1, 0.15) is 158 Å². The third-order valence-electron chi connectivity index (χ3n) is 18.7. The Labute approximate surface area is 507 Å². The lowest BCUT2D eigenvalue weighted by Crippen LogP contribution is -2.58. The van der Waals surface area contributed by atoms with Gasteiger partial charge >= 0.3 is 0 Å². The fourth-order valence-corrected chi connectivity index (χ4v) is 16.1. The van der Waals surface area contributed by atoms with Gasteiger partial charge in [0.2, 0.25) is 6.71 Å². The largest absolute Gasteiger partial charge is 0.309 e. The second-order valence-corrected chi connectivity index (χ2v) is 33.0. The number of rotatable bonds is 3. The smallest absolute Gasteiger partial charge is 0.247 e. The van der Waals surface area contributed by atoms with E-state index < -0.39 is 0 Å². The summed E-state index contributed by atoms with van der Waals surface area (Å²) in [5.74, 6) is 0. The molecule has 84 heavy (non-hydrogen) atoms. The summed E-state index contributed by atoms with van der Waals surface area (Å²) in [5.41, 5.74) is 23.4. The monoisotopic (exact) mass is 1130 g/mol. The van der Waals surface area contributed by atoms with Crippen molar-refractivity contribution in [2.75, 3.05) is 0 Å². The Hall–Kier alpha value is -6.86. The molecule has 0 atom stereocenters. The quantitative estimate of drug-likeness (QED) is 0.164. The average Bonchev–Trinajstić information content (AvgIpc) is 1.29. The molecule has 0 saturated carbocycles. The van der Waals surface area contributed by atoms with Gasteiger partial charge in [-0.2, -0.15) is 0 Å². The second kappa shape index (κ2) is 18.3. The first-order valence-electron chi connectivity index (χ1n) is 30.5. The molecule has 3 nitrogen and oxygen atoms in total. The van der Waals surface area contributed by atoms with Crippen LogP contribution in [-0.4, -0.2) is 20.4 Å². The molecule has 6 heteroatoms. The minimum absolute atomic E-state index is 0.00887. The molecule has 0 amide bonds. The Bertz CT molecular complexity index is 4340. The minimum atomic E-state index is 0.00887. The molecule has 3 aromatic heterocycles. The Morgan fingerprint density at radius 1 is 0.250 bits per heavy atom. The summed E-state index contributed by atoms with van der Waals surface area (Å²) < 4.78 is 7.64. The molecule has 0 spiro atoms. The van der Waals surface area contributed by atoms with E-state index in [1.165, 1.54) is 152 Å². The van der Waals surface area contributed by atoms with Gasteiger partial charge in [0, 0.05) is 69.0 Å². The number of fused-ring (bicyclic) bond motifs is 13. The van der Waals surface area contributed by atoms with E-state index >= 15 is 0 Å². The van der Waals surface area contributed by atoms with Gasteiger partial charge in [0.25, 0.3) is 0 Å². The Kier molecular flexibility index (Phi) is 12.0. The van der Waals surface area contributed by atoms with Crippen LogP contribution in [0.25, 0.3) is 82.5 Å². The Morgan fingerprint density at radius 3 is 0.714 bits per heavy atom. The van der Waals surface area contributed by atoms with Crippen molar-refractivity contribution < 1.29 is 0 Å². The first-order chi connectivity index (χ1) is 39.4. The first kappa shape index (κ1) is 55.0. The van der Waals surface area contributed by atoms with Crippen LogP contribution < -0.4 is 16.4 Å². The van der Waals surface area contributed by atoms with Gasteiger partial charge in [-0.3, -0.25) is 0 Å². The van der Waals surface area contributed by atoms with E-state index in [0.717, 1.165) is 0 Å². The van der Waals surface area contributed by atoms with Gasteiger partial charge in [-0.15, -0.1) is 0 Å². The van der Waals surface area contributed by atoms with Crippen molar-refractivity contribution in [2.24, 2.45) is 0 Å². The maximum atomic E-state index is 2.57. The molecule has 0 unspecified atom stereocenters. The van der Waals surface area contributed by atoms with Crippen LogP contribution in [-0.2, 0) is 32.5 Å². The fraction of sp³-hybridized carbons (Fsp3) is 0.308. The standard InChI is InChI=1S/C78H80BN3S2/c1-73(2,3)45-19-29-62-54(35-45)55-36-46(74(4,5)6)20-30-63(55)80(62)51-25-27-60-68(41-51)83-70-43-53(82-66-33-23-49(77(13,14)15)39-58(66)59-40-50(78(16,17)18)24-34-67(59)82)44-71-72(70)79(60)61-28-26-52(42-69(61)84-71)81-64-31-21-47(75(7,8)9)37-56(64)57-38-48(76(10,11)12)22-32-65(57)81/h19-44H,1-18H3. The molecule has 0 saturated heterocycles. The predicted molar refractivity (Wildman–Crippen MR) is 367 cm³/mol. The topological polar surface area (TPSA) is 14.8 Å². The number of benzene rings is 9. The summed E-state index contributed by atoms with van der Waals surface area (Å²) in [5, 5.41) is 7.86. The van der Waals surface area contributed by atoms with Crippen molar-refractivity contribution in [3.8, 4) is 17.1 Å². The fourth-order valence-electron chi connectivity index (χ4n) is 13.6. The highest BCUT2D eigenvalue weighted by molar-refractivity contribution is 8.01. The highest BCUT2D eigenvalue weighted by Crippen LogP contribution is 2.46. The van der Waals surface area contributed by atoms with Crippen LogP contribution in [0.2, 0.25) is 0 Å². The van der Waals surface area contributed by atoms with Crippen molar-refractivity contribution in [3.05, 3.63) is 191 Å². The summed E-state index contributed by atoms with van der Waals surface area (Å²) in [6.45, 7) is 42.0. The maximum Gasteiger partial charge on any atom is 0.247 e. The van der Waals surface area contributed by atoms with Gasteiger partial charge in [0.15, 0.2) is 0 Å². The van der Waals surface area contributed by atoms with E-state index in [-0.39, 0.29) is 39.2 Å². The Balaban J connectivity index is 1.01. The number of hydrogen-bond donors (Lipinski definition) is 0. The van der Waals surface area contributed by atoms with Crippen LogP contribution in [0.4, 0.5) is 0 Å². The maximum absolute atomic E-state index is 2.57. The van der Waals surface area contributed by atoms with Crippen LogP contribution in [0.5, 0.6) is 0 Å². The minimum Gasteiger partial charge on any atom is -0.309 e. The van der Waals surface area contributed by atoms with Crippen molar-refractivity contribution in [3.63, 3.8) is 0 Å². The molecule has 422 valence electrons. The van der Waals surface area contributed by atoms with Gasteiger partial charge in [-0.05, 0) is 181 Å². The molecular formula is C78H80BN3S2. The summed E-state index contributed by atoms with van der Waals surface area (Å²) in [4.78, 5) is 5.26. The molecule has 9 aromatic carbocycles. The molecule has 14 rings (SSSR count). The second-order valence-electron chi connectivity index (χ2n) is 30.8. The zero-order chi connectivity index (χ0) is 59.3. The molecule has 2 aliphatic rings. The zero-order valence-electron chi connectivity index (χ0n) is 52.7. The molecule has 0 N–H and O–H groups in total. The van der Waals surface area contributed by atoms with Gasteiger partial charge in [0.05, 0.1) is 33.1 Å². The van der Waals surface area contributed by atoms with Crippen molar-refractivity contribution in [1.82, 2.24) is 13.7 Å². The van der Waals surface area contributed by atoms with Gasteiger partial charge < -0.3 is 13.7 Å². The number of hydrogen-bond acceptors (Lipinski definition) is 2. The van der Waals surface area contributed by atoms with Crippen molar-refractivity contribution >= 4 is 112 Å². The normalized spacial score (nSPS) is 14.2. The molecule has 5 heterocycles. The SMILES string of the molecule is CC(C)(C)c1ccc2c(c1)c1cc(C(C)(C)C)ccc1n2-c1ccc2c(c1)Sc1cc(-n3c4ccc(C(C)(C)C)cc4c4cc(C(C)(C)C)ccc43)cc3c1B2c1ccc(-n2c4ccc(C(C)(C)C)cc4c4cc(C(C)(C)C)ccc42)cc1S3. The molecule has 0 bridgehead atoms. The first-order valence-corrected chi connectivity index (χ1v) is 32.1. The summed E-state index contributed by atoms with van der Waals surface area (Å²) in [6.07, 6.45) is 0. The van der Waals surface area contributed by atoms with Crippen molar-refractivity contribution in [1.29, 1.82) is 0 Å².